The van der Waals surface area contributed by atoms with E-state index in [0.29, 0.717) is 36.0 Å². The van der Waals surface area contributed by atoms with E-state index in [-0.39, 0.29) is 18.4 Å². The molecule has 1 aromatic rings. The molecule has 2 aliphatic heterocycles. The topological polar surface area (TPSA) is 70.1 Å². The zero-order valence-electron chi connectivity index (χ0n) is 16.3. The molecule has 0 radical (unpaired) electrons. The highest BCUT2D eigenvalue weighted by atomic mass is 35.5. The molecule has 2 fully saturated rings. The van der Waals surface area contributed by atoms with Gasteiger partial charge in [0.2, 0.25) is 5.91 Å². The Kier molecular flexibility index (Phi) is 6.13. The normalized spacial score (nSPS) is 25.3. The number of aliphatic hydroxyl groups is 1. The fourth-order valence-electron chi connectivity index (χ4n) is 3.84. The third-order valence-electron chi connectivity index (χ3n) is 5.13. The quantitative estimate of drug-likeness (QED) is 0.779. The highest BCUT2D eigenvalue weighted by molar-refractivity contribution is 6.42. The molecular formula is C20H26Cl2N2O4. The van der Waals surface area contributed by atoms with Crippen LogP contribution in [0.4, 0.5) is 4.79 Å². The first-order valence-electron chi connectivity index (χ1n) is 9.48. The second kappa shape index (κ2) is 8.09. The second-order valence-corrected chi connectivity index (χ2v) is 9.23. The number of β-amino-alcohol motifs (C(OH)–C–C–N with tert-alkyl or cyclic N) is 1. The fourth-order valence-corrected chi connectivity index (χ4v) is 4.15. The van der Waals surface area contributed by atoms with Crippen LogP contribution < -0.4 is 0 Å². The SMILES string of the molecule is CC(C)(C)OC(=O)N1CC[C@H](c2ccc(Cl)c(Cl)c2)[C@@H]1C(=O)N1CC[C@H](O)C1. The number of benzene rings is 1. The van der Waals surface area contributed by atoms with Crippen LogP contribution in [0.1, 0.15) is 45.1 Å². The summed E-state index contributed by atoms with van der Waals surface area (Å²) in [6.07, 6.45) is 0.128. The third kappa shape index (κ3) is 4.56. The summed E-state index contributed by atoms with van der Waals surface area (Å²) in [6.45, 7) is 6.56. The number of ether oxygens (including phenoxy) is 1. The molecule has 0 aromatic heterocycles. The zero-order chi connectivity index (χ0) is 20.6. The second-order valence-electron chi connectivity index (χ2n) is 8.41. The Morgan fingerprint density at radius 2 is 1.86 bits per heavy atom. The lowest BCUT2D eigenvalue weighted by atomic mass is 9.91. The summed E-state index contributed by atoms with van der Waals surface area (Å²) in [7, 11) is 0. The van der Waals surface area contributed by atoms with Crippen molar-refractivity contribution in [2.24, 2.45) is 0 Å². The molecule has 8 heteroatoms. The Morgan fingerprint density at radius 3 is 2.43 bits per heavy atom. The van der Waals surface area contributed by atoms with Crippen molar-refractivity contribution >= 4 is 35.2 Å². The Hall–Kier alpha value is -1.50. The minimum absolute atomic E-state index is 0.170. The summed E-state index contributed by atoms with van der Waals surface area (Å²) < 4.78 is 5.53. The first kappa shape index (κ1) is 21.2. The highest BCUT2D eigenvalue weighted by Crippen LogP contribution is 2.38. The van der Waals surface area contributed by atoms with Gasteiger partial charge in [-0.15, -0.1) is 0 Å². The van der Waals surface area contributed by atoms with Gasteiger partial charge in [0.1, 0.15) is 11.6 Å². The molecule has 0 bridgehead atoms. The van der Waals surface area contributed by atoms with Gasteiger partial charge in [-0.25, -0.2) is 4.79 Å². The van der Waals surface area contributed by atoms with Gasteiger partial charge in [-0.1, -0.05) is 29.3 Å². The van der Waals surface area contributed by atoms with Gasteiger partial charge in [-0.2, -0.15) is 0 Å². The number of amides is 2. The Morgan fingerprint density at radius 1 is 1.14 bits per heavy atom. The summed E-state index contributed by atoms with van der Waals surface area (Å²) in [6, 6.07) is 4.61. The van der Waals surface area contributed by atoms with Gasteiger partial charge in [0, 0.05) is 25.6 Å². The van der Waals surface area contributed by atoms with Crippen molar-refractivity contribution in [3.63, 3.8) is 0 Å². The number of rotatable bonds is 2. The number of hydrogen-bond acceptors (Lipinski definition) is 4. The lowest BCUT2D eigenvalue weighted by Crippen LogP contribution is -2.50. The standard InChI is InChI=1S/C20H26Cl2N2O4/c1-20(2,3)28-19(27)24-9-7-14(12-4-5-15(21)16(22)10-12)17(24)18(26)23-8-6-13(25)11-23/h4-5,10,13-14,17,25H,6-9,11H2,1-3H3/t13-,14+,17+/m0/s1. The average molecular weight is 429 g/mol. The van der Waals surface area contributed by atoms with E-state index in [1.165, 1.54) is 4.90 Å². The van der Waals surface area contributed by atoms with Gasteiger partial charge in [-0.3, -0.25) is 9.69 Å². The lowest BCUT2D eigenvalue weighted by molar-refractivity contribution is -0.135. The molecule has 154 valence electrons. The first-order valence-corrected chi connectivity index (χ1v) is 10.2. The van der Waals surface area contributed by atoms with E-state index >= 15 is 0 Å². The Labute approximate surface area is 175 Å². The summed E-state index contributed by atoms with van der Waals surface area (Å²) in [4.78, 5) is 29.2. The van der Waals surface area contributed by atoms with E-state index in [0.717, 1.165) is 5.56 Å². The molecule has 1 aromatic carbocycles. The van der Waals surface area contributed by atoms with Crippen molar-refractivity contribution < 1.29 is 19.4 Å². The first-order chi connectivity index (χ1) is 13.1. The smallest absolute Gasteiger partial charge is 0.410 e. The van der Waals surface area contributed by atoms with Gasteiger partial charge in [0.15, 0.2) is 0 Å². The molecule has 2 saturated heterocycles. The van der Waals surface area contributed by atoms with Crippen molar-refractivity contribution in [3.8, 4) is 0 Å². The Balaban J connectivity index is 1.91. The van der Waals surface area contributed by atoms with Crippen molar-refractivity contribution in [2.75, 3.05) is 19.6 Å². The van der Waals surface area contributed by atoms with Crippen LogP contribution in [0.5, 0.6) is 0 Å². The molecule has 2 aliphatic rings. The molecule has 0 aliphatic carbocycles. The summed E-state index contributed by atoms with van der Waals surface area (Å²) in [5, 5.41) is 10.7. The third-order valence-corrected chi connectivity index (χ3v) is 5.86. The van der Waals surface area contributed by atoms with Crippen LogP contribution in [0.25, 0.3) is 0 Å². The summed E-state index contributed by atoms with van der Waals surface area (Å²) >= 11 is 12.2. The van der Waals surface area contributed by atoms with E-state index in [9.17, 15) is 14.7 Å². The number of halogens is 2. The van der Waals surface area contributed by atoms with E-state index in [4.69, 9.17) is 27.9 Å². The van der Waals surface area contributed by atoms with E-state index in [1.54, 1.807) is 37.8 Å². The maximum atomic E-state index is 13.3. The number of nitrogens with zero attached hydrogens (tertiary/aromatic N) is 2. The predicted molar refractivity (Wildman–Crippen MR) is 108 cm³/mol. The number of carbonyl (C=O) groups is 2. The molecule has 2 heterocycles. The minimum atomic E-state index is -0.697. The van der Waals surface area contributed by atoms with Crippen molar-refractivity contribution in [1.82, 2.24) is 9.80 Å². The van der Waals surface area contributed by atoms with Gasteiger partial charge < -0.3 is 14.7 Å². The minimum Gasteiger partial charge on any atom is -0.444 e. The van der Waals surface area contributed by atoms with Crippen LogP contribution in [0.3, 0.4) is 0 Å². The molecule has 3 atom stereocenters. The van der Waals surface area contributed by atoms with Gasteiger partial charge in [0.05, 0.1) is 16.1 Å². The van der Waals surface area contributed by atoms with Gasteiger partial charge >= 0.3 is 6.09 Å². The lowest BCUT2D eigenvalue weighted by Gasteiger charge is -2.32. The van der Waals surface area contributed by atoms with Crippen molar-refractivity contribution in [2.45, 2.75) is 57.3 Å². The molecule has 0 saturated carbocycles. The van der Waals surface area contributed by atoms with Crippen molar-refractivity contribution in [3.05, 3.63) is 33.8 Å². The molecular weight excluding hydrogens is 403 g/mol. The van der Waals surface area contributed by atoms with Gasteiger partial charge in [0.25, 0.3) is 0 Å². The van der Waals surface area contributed by atoms with E-state index in [2.05, 4.69) is 0 Å². The maximum absolute atomic E-state index is 13.3. The van der Waals surface area contributed by atoms with Crippen molar-refractivity contribution in [1.29, 1.82) is 0 Å². The summed E-state index contributed by atoms with van der Waals surface area (Å²) in [5.41, 5.74) is 0.203. The van der Waals surface area contributed by atoms with Crippen LogP contribution >= 0.6 is 23.2 Å². The summed E-state index contributed by atoms with van der Waals surface area (Å²) in [5.74, 6) is -0.386. The highest BCUT2D eigenvalue weighted by Gasteiger charge is 2.46. The molecule has 6 nitrogen and oxygen atoms in total. The monoisotopic (exact) mass is 428 g/mol. The number of aliphatic hydroxyl groups excluding tert-OH is 1. The maximum Gasteiger partial charge on any atom is 0.410 e. The molecule has 28 heavy (non-hydrogen) atoms. The zero-order valence-corrected chi connectivity index (χ0v) is 17.8. The number of hydrogen-bond donors (Lipinski definition) is 1. The molecule has 2 amide bonds. The largest absolute Gasteiger partial charge is 0.444 e. The molecule has 1 N–H and O–H groups in total. The number of carbonyl (C=O) groups excluding carboxylic acids is 2. The molecule has 3 rings (SSSR count). The van der Waals surface area contributed by atoms with Crippen LogP contribution in [0.15, 0.2) is 18.2 Å². The number of likely N-dealkylation sites (tertiary alicyclic amines) is 2. The Bertz CT molecular complexity index is 765. The van der Waals surface area contributed by atoms with Crippen LogP contribution in [0, 0.1) is 0 Å². The average Bonchev–Trinajstić information content (AvgIpc) is 3.21. The molecule has 0 spiro atoms. The fraction of sp³-hybridized carbons (Fsp3) is 0.600. The van der Waals surface area contributed by atoms with E-state index in [1.807, 2.05) is 6.07 Å². The van der Waals surface area contributed by atoms with E-state index < -0.39 is 23.8 Å². The van der Waals surface area contributed by atoms with Crippen LogP contribution in [-0.2, 0) is 9.53 Å². The van der Waals surface area contributed by atoms with Crippen LogP contribution in [-0.4, -0.2) is 64.3 Å². The molecule has 0 unspecified atom stereocenters. The predicted octanol–water partition coefficient (Wildman–Crippen LogP) is 3.68. The van der Waals surface area contributed by atoms with Gasteiger partial charge in [-0.05, 0) is 51.3 Å². The van der Waals surface area contributed by atoms with Crippen LogP contribution in [0.2, 0.25) is 10.0 Å².